The Morgan fingerprint density at radius 3 is 2.79 bits per heavy atom. The monoisotopic (exact) mass is 305 g/mol. The summed E-state index contributed by atoms with van der Waals surface area (Å²) in [5, 5.41) is 10.7. The maximum atomic E-state index is 10.7. The van der Waals surface area contributed by atoms with Crippen LogP contribution < -0.4 is 4.74 Å². The van der Waals surface area contributed by atoms with Crippen LogP contribution in [0.3, 0.4) is 0 Å². The zero-order valence-corrected chi connectivity index (χ0v) is 9.43. The van der Waals surface area contributed by atoms with Crippen molar-refractivity contribution in [1.29, 1.82) is 0 Å². The highest BCUT2D eigenvalue weighted by Gasteiger charge is 2.27. The zero-order valence-electron chi connectivity index (χ0n) is 7.27. The molecule has 0 heterocycles. The van der Waals surface area contributed by atoms with Gasteiger partial charge in [0.25, 0.3) is 0 Å². The van der Waals surface area contributed by atoms with E-state index < -0.39 is 4.92 Å². The Kier molecular flexibility index (Phi) is 2.58. The predicted octanol–water partition coefficient (Wildman–Crippen LogP) is 2.74. The molecule has 0 atom stereocenters. The minimum absolute atomic E-state index is 0.0531. The van der Waals surface area contributed by atoms with Crippen molar-refractivity contribution in [3.05, 3.63) is 31.9 Å². The summed E-state index contributed by atoms with van der Waals surface area (Å²) in [5.41, 5.74) is 0.0531. The predicted molar refractivity (Wildman–Crippen MR) is 59.5 cm³/mol. The van der Waals surface area contributed by atoms with E-state index in [1.807, 2.05) is 0 Å². The molecule has 0 unspecified atom stereocenters. The molecular formula is C9H8INO3. The molecule has 4 nitrogen and oxygen atoms in total. The van der Waals surface area contributed by atoms with Gasteiger partial charge in [0, 0.05) is 15.7 Å². The van der Waals surface area contributed by atoms with Crippen molar-refractivity contribution < 1.29 is 9.66 Å². The third-order valence-corrected chi connectivity index (χ3v) is 2.61. The Labute approximate surface area is 94.5 Å². The molecule has 0 spiro atoms. The topological polar surface area (TPSA) is 52.4 Å². The highest BCUT2D eigenvalue weighted by atomic mass is 127. The Morgan fingerprint density at radius 1 is 1.50 bits per heavy atom. The molecule has 0 radical (unpaired) electrons. The molecule has 1 aromatic rings. The zero-order chi connectivity index (χ0) is 10.1. The van der Waals surface area contributed by atoms with Crippen LogP contribution in [0.25, 0.3) is 0 Å². The molecule has 0 N–H and O–H groups in total. The molecule has 0 saturated heterocycles. The minimum Gasteiger partial charge on any atom is -0.483 e. The first kappa shape index (κ1) is 9.70. The third-order valence-electron chi connectivity index (χ3n) is 1.94. The summed E-state index contributed by atoms with van der Waals surface area (Å²) in [6.07, 6.45) is 2.19. The first-order chi connectivity index (χ1) is 6.66. The van der Waals surface area contributed by atoms with Crippen LogP contribution in [0.15, 0.2) is 18.2 Å². The van der Waals surface area contributed by atoms with E-state index in [1.165, 1.54) is 6.07 Å². The maximum absolute atomic E-state index is 10.7. The number of ether oxygens (including phenoxy) is 1. The molecule has 2 rings (SSSR count). The molecule has 14 heavy (non-hydrogen) atoms. The molecule has 0 aliphatic heterocycles. The van der Waals surface area contributed by atoms with Crippen molar-refractivity contribution >= 4 is 28.3 Å². The summed E-state index contributed by atoms with van der Waals surface area (Å²) in [4.78, 5) is 10.2. The molecule has 1 aromatic carbocycles. The summed E-state index contributed by atoms with van der Waals surface area (Å²) < 4.78 is 6.40. The summed E-state index contributed by atoms with van der Waals surface area (Å²) in [7, 11) is 0. The van der Waals surface area contributed by atoms with Crippen molar-refractivity contribution in [2.45, 2.75) is 18.9 Å². The van der Waals surface area contributed by atoms with Gasteiger partial charge in [-0.25, -0.2) is 0 Å². The Hall–Kier alpha value is -0.850. The minimum atomic E-state index is -0.409. The van der Waals surface area contributed by atoms with Crippen molar-refractivity contribution in [2.24, 2.45) is 0 Å². The number of hydrogen-bond donors (Lipinski definition) is 0. The second-order valence-electron chi connectivity index (χ2n) is 3.19. The van der Waals surface area contributed by atoms with Gasteiger partial charge in [-0.2, -0.15) is 0 Å². The fourth-order valence-corrected chi connectivity index (χ4v) is 1.56. The van der Waals surface area contributed by atoms with Crippen LogP contribution >= 0.6 is 22.6 Å². The molecule has 0 bridgehead atoms. The Morgan fingerprint density at radius 2 is 2.21 bits per heavy atom. The number of benzene rings is 1. The van der Waals surface area contributed by atoms with Crippen LogP contribution in [-0.4, -0.2) is 11.0 Å². The van der Waals surface area contributed by atoms with E-state index in [0.717, 1.165) is 16.4 Å². The molecule has 1 saturated carbocycles. The lowest BCUT2D eigenvalue weighted by Crippen LogP contribution is -2.00. The van der Waals surface area contributed by atoms with E-state index in [2.05, 4.69) is 22.6 Å². The lowest BCUT2D eigenvalue weighted by Gasteiger charge is -2.04. The number of hydrogen-bond acceptors (Lipinski definition) is 3. The van der Waals surface area contributed by atoms with Crippen LogP contribution in [-0.2, 0) is 0 Å². The SMILES string of the molecule is O=[N+]([O-])c1ccc(I)cc1OC1CC1. The highest BCUT2D eigenvalue weighted by Crippen LogP contribution is 2.34. The Bertz CT molecular complexity index is 376. The van der Waals surface area contributed by atoms with Gasteiger partial charge >= 0.3 is 5.69 Å². The fourth-order valence-electron chi connectivity index (χ4n) is 1.10. The summed E-state index contributed by atoms with van der Waals surface area (Å²) in [5.74, 6) is 0.393. The van der Waals surface area contributed by atoms with Gasteiger partial charge in [0.1, 0.15) is 0 Å². The average molecular weight is 305 g/mol. The van der Waals surface area contributed by atoms with Crippen LogP contribution in [0.5, 0.6) is 5.75 Å². The van der Waals surface area contributed by atoms with Crippen molar-refractivity contribution in [2.75, 3.05) is 0 Å². The van der Waals surface area contributed by atoms with Crippen LogP contribution in [0.1, 0.15) is 12.8 Å². The van der Waals surface area contributed by atoms with Gasteiger partial charge < -0.3 is 4.74 Å². The van der Waals surface area contributed by atoms with E-state index in [4.69, 9.17) is 4.74 Å². The highest BCUT2D eigenvalue weighted by molar-refractivity contribution is 14.1. The number of rotatable bonds is 3. The standard InChI is InChI=1S/C9H8INO3/c10-6-1-4-8(11(12)13)9(5-6)14-7-2-3-7/h1,4-5,7H,2-3H2. The Balaban J connectivity index is 2.31. The van der Waals surface area contributed by atoms with Gasteiger partial charge in [-0.05, 0) is 41.5 Å². The maximum Gasteiger partial charge on any atom is 0.310 e. The molecule has 0 amide bonds. The van der Waals surface area contributed by atoms with Gasteiger partial charge in [-0.1, -0.05) is 0 Å². The van der Waals surface area contributed by atoms with Crippen molar-refractivity contribution in [1.82, 2.24) is 0 Å². The fraction of sp³-hybridized carbons (Fsp3) is 0.333. The van der Waals surface area contributed by atoms with E-state index in [-0.39, 0.29) is 11.8 Å². The van der Waals surface area contributed by atoms with E-state index in [9.17, 15) is 10.1 Å². The lowest BCUT2D eigenvalue weighted by molar-refractivity contribution is -0.386. The second-order valence-corrected chi connectivity index (χ2v) is 4.43. The van der Waals surface area contributed by atoms with E-state index in [0.29, 0.717) is 5.75 Å². The van der Waals surface area contributed by atoms with Crippen molar-refractivity contribution in [3.63, 3.8) is 0 Å². The smallest absolute Gasteiger partial charge is 0.310 e. The second kappa shape index (κ2) is 3.72. The normalized spacial score (nSPS) is 15.2. The molecule has 1 fully saturated rings. The van der Waals surface area contributed by atoms with E-state index in [1.54, 1.807) is 12.1 Å². The van der Waals surface area contributed by atoms with E-state index >= 15 is 0 Å². The number of nitrogens with zero attached hydrogens (tertiary/aromatic N) is 1. The number of nitro benzene ring substituents is 1. The molecule has 0 aromatic heterocycles. The van der Waals surface area contributed by atoms with Gasteiger partial charge in [0.2, 0.25) is 0 Å². The van der Waals surface area contributed by atoms with Crippen LogP contribution in [0.4, 0.5) is 5.69 Å². The molecule has 1 aliphatic carbocycles. The average Bonchev–Trinajstić information content (AvgIpc) is 2.87. The molecule has 5 heteroatoms. The third kappa shape index (κ3) is 2.14. The van der Waals surface area contributed by atoms with Gasteiger partial charge in [-0.3, -0.25) is 10.1 Å². The van der Waals surface area contributed by atoms with Crippen LogP contribution in [0.2, 0.25) is 0 Å². The largest absolute Gasteiger partial charge is 0.483 e. The number of halogens is 1. The lowest BCUT2D eigenvalue weighted by atomic mass is 10.3. The number of nitro groups is 1. The molecular weight excluding hydrogens is 297 g/mol. The summed E-state index contributed by atoms with van der Waals surface area (Å²) >= 11 is 2.11. The first-order valence-electron chi connectivity index (χ1n) is 4.27. The molecule has 1 aliphatic rings. The van der Waals surface area contributed by atoms with Gasteiger partial charge in [0.05, 0.1) is 11.0 Å². The summed E-state index contributed by atoms with van der Waals surface area (Å²) in [6, 6.07) is 4.90. The van der Waals surface area contributed by atoms with Crippen LogP contribution in [0, 0.1) is 13.7 Å². The van der Waals surface area contributed by atoms with Crippen molar-refractivity contribution in [3.8, 4) is 5.75 Å². The summed E-state index contributed by atoms with van der Waals surface area (Å²) in [6.45, 7) is 0. The first-order valence-corrected chi connectivity index (χ1v) is 5.35. The quantitative estimate of drug-likeness (QED) is 0.490. The van der Waals surface area contributed by atoms with Gasteiger partial charge in [0.15, 0.2) is 5.75 Å². The van der Waals surface area contributed by atoms with Gasteiger partial charge in [-0.15, -0.1) is 0 Å². The molecule has 74 valence electrons.